The highest BCUT2D eigenvalue weighted by Crippen LogP contribution is 2.07. The van der Waals surface area contributed by atoms with Crippen LogP contribution < -0.4 is 0 Å². The number of aryl methyl sites for hydroxylation is 3. The highest BCUT2D eigenvalue weighted by atomic mass is 15.3. The van der Waals surface area contributed by atoms with Crippen molar-refractivity contribution in [2.45, 2.75) is 48.5 Å². The molecule has 0 aliphatic rings. The van der Waals surface area contributed by atoms with Crippen LogP contribution in [0.3, 0.4) is 0 Å². The SMILES string of the molecule is CC.CC.Cc1cc2ncnn2cc1C.Cc1ccc2ncnn2c1. The maximum absolute atomic E-state index is 4.07. The molecule has 4 aromatic rings. The van der Waals surface area contributed by atoms with Gasteiger partial charge < -0.3 is 0 Å². The molecule has 0 spiro atoms. The van der Waals surface area contributed by atoms with Gasteiger partial charge in [-0.15, -0.1) is 0 Å². The van der Waals surface area contributed by atoms with E-state index in [1.54, 1.807) is 21.7 Å². The van der Waals surface area contributed by atoms with E-state index in [0.717, 1.165) is 11.3 Å². The second-order valence-corrected chi connectivity index (χ2v) is 4.97. The zero-order chi connectivity index (χ0) is 18.8. The van der Waals surface area contributed by atoms with Crippen LogP contribution >= 0.6 is 0 Å². The summed E-state index contributed by atoms with van der Waals surface area (Å²) in [4.78, 5) is 8.08. The predicted molar refractivity (Wildman–Crippen MR) is 103 cm³/mol. The highest BCUT2D eigenvalue weighted by molar-refractivity contribution is 5.42. The minimum atomic E-state index is 0.894. The van der Waals surface area contributed by atoms with Gasteiger partial charge in [0.2, 0.25) is 0 Å². The molecule has 134 valence electrons. The van der Waals surface area contributed by atoms with Gasteiger partial charge in [0.15, 0.2) is 11.3 Å². The van der Waals surface area contributed by atoms with E-state index in [1.165, 1.54) is 16.7 Å². The first-order valence-electron chi connectivity index (χ1n) is 8.66. The molecule has 0 aliphatic heterocycles. The van der Waals surface area contributed by atoms with Crippen molar-refractivity contribution in [1.29, 1.82) is 0 Å². The van der Waals surface area contributed by atoms with Gasteiger partial charge in [-0.3, -0.25) is 0 Å². The smallest absolute Gasteiger partial charge is 0.155 e. The Morgan fingerprint density at radius 2 is 1.24 bits per heavy atom. The summed E-state index contributed by atoms with van der Waals surface area (Å²) in [6, 6.07) is 5.99. The van der Waals surface area contributed by atoms with Gasteiger partial charge in [0.1, 0.15) is 12.7 Å². The van der Waals surface area contributed by atoms with Crippen LogP contribution in [0.4, 0.5) is 0 Å². The van der Waals surface area contributed by atoms with Crippen LogP contribution in [-0.4, -0.2) is 29.2 Å². The Balaban J connectivity index is 0.000000210. The quantitative estimate of drug-likeness (QED) is 0.475. The van der Waals surface area contributed by atoms with Crippen molar-refractivity contribution >= 4 is 11.3 Å². The van der Waals surface area contributed by atoms with Gasteiger partial charge in [-0.1, -0.05) is 33.8 Å². The lowest BCUT2D eigenvalue weighted by molar-refractivity contribution is 0.946. The van der Waals surface area contributed by atoms with Crippen molar-refractivity contribution < 1.29 is 0 Å². The first-order valence-corrected chi connectivity index (χ1v) is 8.66. The maximum Gasteiger partial charge on any atom is 0.155 e. The monoisotopic (exact) mass is 340 g/mol. The molecule has 6 nitrogen and oxygen atoms in total. The van der Waals surface area contributed by atoms with Crippen LogP contribution in [0.2, 0.25) is 0 Å². The molecule has 0 amide bonds. The standard InChI is InChI=1S/C8H9N3.C7H7N3.2C2H6/c1-6-3-8-9-5-10-11(8)4-7(6)2;1-6-2-3-7-8-5-9-10(7)4-6;2*1-2/h3-5H,1-2H3;2-5H,1H3;2*1-2H3. The molecule has 0 saturated heterocycles. The molecule has 25 heavy (non-hydrogen) atoms. The number of pyridine rings is 2. The third kappa shape index (κ3) is 5.38. The van der Waals surface area contributed by atoms with Crippen LogP contribution in [0.1, 0.15) is 44.4 Å². The summed E-state index contributed by atoms with van der Waals surface area (Å²) in [5, 5.41) is 8.01. The summed E-state index contributed by atoms with van der Waals surface area (Å²) >= 11 is 0. The number of aromatic nitrogens is 6. The van der Waals surface area contributed by atoms with Gasteiger partial charge in [-0.05, 0) is 49.6 Å². The Morgan fingerprint density at radius 1 is 0.680 bits per heavy atom. The maximum atomic E-state index is 4.07. The largest absolute Gasteiger partial charge is 0.221 e. The third-order valence-corrected chi connectivity index (χ3v) is 3.31. The topological polar surface area (TPSA) is 60.4 Å². The molecule has 4 heterocycles. The van der Waals surface area contributed by atoms with Gasteiger partial charge in [-0.25, -0.2) is 19.0 Å². The van der Waals surface area contributed by atoms with E-state index in [4.69, 9.17) is 0 Å². The van der Waals surface area contributed by atoms with E-state index in [0.29, 0.717) is 0 Å². The molecule has 0 unspecified atom stereocenters. The van der Waals surface area contributed by atoms with Gasteiger partial charge in [0, 0.05) is 12.4 Å². The molecule has 4 rings (SSSR count). The third-order valence-electron chi connectivity index (χ3n) is 3.31. The molecule has 0 atom stereocenters. The zero-order valence-electron chi connectivity index (χ0n) is 16.2. The summed E-state index contributed by atoms with van der Waals surface area (Å²) in [7, 11) is 0. The van der Waals surface area contributed by atoms with Gasteiger partial charge >= 0.3 is 0 Å². The zero-order valence-corrected chi connectivity index (χ0v) is 16.2. The van der Waals surface area contributed by atoms with E-state index < -0.39 is 0 Å². The van der Waals surface area contributed by atoms with Crippen molar-refractivity contribution in [2.24, 2.45) is 0 Å². The normalized spacial score (nSPS) is 9.40. The Hall–Kier alpha value is -2.76. The highest BCUT2D eigenvalue weighted by Gasteiger charge is 1.97. The lowest BCUT2D eigenvalue weighted by Crippen LogP contribution is -1.90. The van der Waals surface area contributed by atoms with E-state index in [2.05, 4.69) is 34.0 Å². The number of rotatable bonds is 0. The van der Waals surface area contributed by atoms with Gasteiger partial charge in [0.05, 0.1) is 0 Å². The molecule has 0 aromatic carbocycles. The molecule has 0 aliphatic carbocycles. The Kier molecular flexibility index (Phi) is 8.26. The summed E-state index contributed by atoms with van der Waals surface area (Å²) in [5.74, 6) is 0. The van der Waals surface area contributed by atoms with Crippen molar-refractivity contribution in [3.63, 3.8) is 0 Å². The summed E-state index contributed by atoms with van der Waals surface area (Å²) < 4.78 is 3.54. The average molecular weight is 340 g/mol. The summed E-state index contributed by atoms with van der Waals surface area (Å²) in [5.41, 5.74) is 5.49. The Bertz CT molecular complexity index is 855. The van der Waals surface area contributed by atoms with Crippen LogP contribution in [0, 0.1) is 20.8 Å². The minimum absolute atomic E-state index is 0.894. The van der Waals surface area contributed by atoms with Crippen molar-refractivity contribution in [2.75, 3.05) is 0 Å². The van der Waals surface area contributed by atoms with E-state index in [9.17, 15) is 0 Å². The number of fused-ring (bicyclic) bond motifs is 2. The molecule has 0 radical (unpaired) electrons. The van der Waals surface area contributed by atoms with Crippen LogP contribution in [0.5, 0.6) is 0 Å². The Morgan fingerprint density at radius 3 is 1.88 bits per heavy atom. The molecule has 0 N–H and O–H groups in total. The first kappa shape index (κ1) is 20.3. The van der Waals surface area contributed by atoms with Crippen molar-refractivity contribution in [3.05, 3.63) is 59.9 Å². The average Bonchev–Trinajstić information content (AvgIpc) is 3.28. The van der Waals surface area contributed by atoms with E-state index >= 15 is 0 Å². The molecule has 6 heteroatoms. The summed E-state index contributed by atoms with van der Waals surface area (Å²) in [6.07, 6.45) is 7.04. The fourth-order valence-electron chi connectivity index (χ4n) is 1.97. The van der Waals surface area contributed by atoms with E-state index in [1.807, 2.05) is 65.2 Å². The molecule has 4 aromatic heterocycles. The van der Waals surface area contributed by atoms with Gasteiger partial charge in [0.25, 0.3) is 0 Å². The minimum Gasteiger partial charge on any atom is -0.221 e. The lowest BCUT2D eigenvalue weighted by atomic mass is 10.2. The van der Waals surface area contributed by atoms with Crippen LogP contribution in [0.15, 0.2) is 43.2 Å². The first-order chi connectivity index (χ1) is 12.1. The van der Waals surface area contributed by atoms with Crippen LogP contribution in [0.25, 0.3) is 11.3 Å². The van der Waals surface area contributed by atoms with Crippen molar-refractivity contribution in [3.8, 4) is 0 Å². The molecular formula is C19H28N6. The summed E-state index contributed by atoms with van der Waals surface area (Å²) in [6.45, 7) is 14.2. The number of nitrogens with zero attached hydrogens (tertiary/aromatic N) is 6. The number of hydrogen-bond acceptors (Lipinski definition) is 4. The fraction of sp³-hybridized carbons (Fsp3) is 0.368. The molecular weight excluding hydrogens is 312 g/mol. The van der Waals surface area contributed by atoms with E-state index in [-0.39, 0.29) is 0 Å². The van der Waals surface area contributed by atoms with Crippen molar-refractivity contribution in [1.82, 2.24) is 29.2 Å². The fourth-order valence-corrected chi connectivity index (χ4v) is 1.97. The Labute approximate surface area is 149 Å². The number of hydrogen-bond donors (Lipinski definition) is 0. The molecule has 0 saturated carbocycles. The molecule has 0 bridgehead atoms. The second kappa shape index (κ2) is 10.2. The second-order valence-electron chi connectivity index (χ2n) is 4.97. The lowest BCUT2D eigenvalue weighted by Gasteiger charge is -1.98. The molecule has 0 fully saturated rings. The predicted octanol–water partition coefficient (Wildman–Crippen LogP) is 4.44. The van der Waals surface area contributed by atoms with Crippen LogP contribution in [-0.2, 0) is 0 Å². The van der Waals surface area contributed by atoms with Gasteiger partial charge in [-0.2, -0.15) is 10.2 Å².